The molecule has 1 N–H and O–H groups in total. The molecular formula is C7H11FO4. The highest BCUT2D eigenvalue weighted by molar-refractivity contribution is 5.74. The first kappa shape index (κ1) is 11.1. The third-order valence-electron chi connectivity index (χ3n) is 1.11. The van der Waals surface area contributed by atoms with Crippen LogP contribution in [0.5, 0.6) is 0 Å². The van der Waals surface area contributed by atoms with Crippen molar-refractivity contribution in [2.75, 3.05) is 13.7 Å². The Labute approximate surface area is 69.6 Å². The molecule has 0 rings (SSSR count). The smallest absolute Gasteiger partial charge is 0.337 e. The van der Waals surface area contributed by atoms with Crippen LogP contribution in [0.1, 0.15) is 0 Å². The van der Waals surface area contributed by atoms with E-state index in [4.69, 9.17) is 5.11 Å². The molecule has 0 heterocycles. The summed E-state index contributed by atoms with van der Waals surface area (Å²) in [5.41, 5.74) is 0. The highest BCUT2D eigenvalue weighted by atomic mass is 19.1. The van der Waals surface area contributed by atoms with Crippen molar-refractivity contribution < 1.29 is 23.8 Å². The summed E-state index contributed by atoms with van der Waals surface area (Å²) in [6, 6.07) is 0. The van der Waals surface area contributed by atoms with Crippen LogP contribution >= 0.6 is 0 Å². The zero-order valence-electron chi connectivity index (χ0n) is 6.70. The Balaban J connectivity index is 3.98. The predicted molar refractivity (Wildman–Crippen MR) is 39.1 cm³/mol. The van der Waals surface area contributed by atoms with Gasteiger partial charge in [0.25, 0.3) is 0 Å². The van der Waals surface area contributed by atoms with E-state index in [9.17, 15) is 9.18 Å². The van der Waals surface area contributed by atoms with E-state index in [1.165, 1.54) is 0 Å². The monoisotopic (exact) mass is 178 g/mol. The number of alkyl halides is 1. The minimum Gasteiger partial charge on any atom is -0.467 e. The van der Waals surface area contributed by atoms with E-state index < -0.39 is 25.0 Å². The molecule has 0 bridgehead atoms. The number of aliphatic hydroxyl groups is 1. The lowest BCUT2D eigenvalue weighted by molar-refractivity contribution is -0.165. The molecule has 0 aromatic carbocycles. The summed E-state index contributed by atoms with van der Waals surface area (Å²) in [5.74, 6) is -0.818. The minimum absolute atomic E-state index is 0.624. The highest BCUT2D eigenvalue weighted by Gasteiger charge is 2.21. The summed E-state index contributed by atoms with van der Waals surface area (Å²) in [7, 11) is 1.12. The second-order valence-electron chi connectivity index (χ2n) is 1.92. The Morgan fingerprint density at radius 3 is 2.75 bits per heavy atom. The van der Waals surface area contributed by atoms with Crippen LogP contribution in [-0.4, -0.2) is 37.3 Å². The van der Waals surface area contributed by atoms with Gasteiger partial charge in [-0.15, -0.1) is 0 Å². The summed E-state index contributed by atoms with van der Waals surface area (Å²) >= 11 is 0. The number of carbonyl (C=O) groups is 1. The summed E-state index contributed by atoms with van der Waals surface area (Å²) in [6.45, 7) is 2.48. The topological polar surface area (TPSA) is 55.8 Å². The lowest BCUT2D eigenvalue weighted by Gasteiger charge is -2.13. The van der Waals surface area contributed by atoms with Crippen molar-refractivity contribution in [2.45, 2.75) is 12.5 Å². The van der Waals surface area contributed by atoms with E-state index >= 15 is 0 Å². The molecule has 70 valence electrons. The summed E-state index contributed by atoms with van der Waals surface area (Å²) in [6.07, 6.45) is -2.20. The first-order chi connectivity index (χ1) is 5.65. The molecular weight excluding hydrogens is 167 g/mol. The van der Waals surface area contributed by atoms with Gasteiger partial charge in [0.2, 0.25) is 6.36 Å². The largest absolute Gasteiger partial charge is 0.467 e. The quantitative estimate of drug-likeness (QED) is 0.476. The van der Waals surface area contributed by atoms with Crippen molar-refractivity contribution in [3.8, 4) is 0 Å². The molecule has 0 aliphatic carbocycles. The molecule has 0 aromatic rings. The molecule has 0 spiro atoms. The van der Waals surface area contributed by atoms with Crippen LogP contribution in [-0.2, 0) is 14.3 Å². The fraction of sp³-hybridized carbons (Fsp3) is 0.571. The molecule has 0 fully saturated rings. The Bertz CT molecular complexity index is 159. The zero-order chi connectivity index (χ0) is 9.56. The first-order valence-electron chi connectivity index (χ1n) is 3.26. The lowest BCUT2D eigenvalue weighted by Crippen LogP contribution is -2.31. The summed E-state index contributed by atoms with van der Waals surface area (Å²) < 4.78 is 21.0. The maximum atomic E-state index is 12.4. The second-order valence-corrected chi connectivity index (χ2v) is 1.92. The normalized spacial score (nSPS) is 14.9. The van der Waals surface area contributed by atoms with Crippen molar-refractivity contribution in [2.24, 2.45) is 0 Å². The van der Waals surface area contributed by atoms with Gasteiger partial charge in [-0.05, 0) is 6.08 Å². The van der Waals surface area contributed by atoms with E-state index in [-0.39, 0.29) is 0 Å². The number of rotatable bonds is 5. The van der Waals surface area contributed by atoms with Gasteiger partial charge < -0.3 is 14.6 Å². The molecule has 12 heavy (non-hydrogen) atoms. The molecule has 0 amide bonds. The SMILES string of the molecule is C=CC(F)OC(CO)C(=O)OC. The fourth-order valence-electron chi connectivity index (χ4n) is 0.517. The van der Waals surface area contributed by atoms with Gasteiger partial charge >= 0.3 is 5.97 Å². The first-order valence-corrected chi connectivity index (χ1v) is 3.26. The van der Waals surface area contributed by atoms with Gasteiger partial charge in [-0.3, -0.25) is 0 Å². The number of methoxy groups -OCH3 is 1. The van der Waals surface area contributed by atoms with Crippen LogP contribution in [0.15, 0.2) is 12.7 Å². The second kappa shape index (κ2) is 5.68. The zero-order valence-corrected chi connectivity index (χ0v) is 6.70. The van der Waals surface area contributed by atoms with Crippen LogP contribution in [0.25, 0.3) is 0 Å². The average molecular weight is 178 g/mol. The number of aliphatic hydroxyl groups excluding tert-OH is 1. The maximum absolute atomic E-state index is 12.4. The Morgan fingerprint density at radius 1 is 1.83 bits per heavy atom. The van der Waals surface area contributed by atoms with Gasteiger partial charge in [0.15, 0.2) is 6.10 Å². The molecule has 0 radical (unpaired) electrons. The van der Waals surface area contributed by atoms with Gasteiger partial charge in [-0.2, -0.15) is 0 Å². The molecule has 0 aliphatic rings. The van der Waals surface area contributed by atoms with Crippen molar-refractivity contribution in [3.05, 3.63) is 12.7 Å². The van der Waals surface area contributed by atoms with Gasteiger partial charge in [0.05, 0.1) is 13.7 Å². The number of halogens is 1. The third kappa shape index (κ3) is 3.45. The third-order valence-corrected chi connectivity index (χ3v) is 1.11. The van der Waals surface area contributed by atoms with Gasteiger partial charge in [0, 0.05) is 0 Å². The number of hydrogen-bond donors (Lipinski definition) is 1. The number of hydrogen-bond acceptors (Lipinski definition) is 4. The van der Waals surface area contributed by atoms with E-state index in [0.29, 0.717) is 0 Å². The van der Waals surface area contributed by atoms with Gasteiger partial charge in [0.1, 0.15) is 0 Å². The van der Waals surface area contributed by atoms with Crippen LogP contribution < -0.4 is 0 Å². The minimum atomic E-state index is -1.78. The van der Waals surface area contributed by atoms with Gasteiger partial charge in [-0.1, -0.05) is 6.58 Å². The standard InChI is InChI=1S/C7H11FO4/c1-3-6(8)12-5(4-9)7(10)11-2/h3,5-6,9H,1,4H2,2H3. The molecule has 0 saturated carbocycles. The molecule has 0 aromatic heterocycles. The Morgan fingerprint density at radius 2 is 2.42 bits per heavy atom. The highest BCUT2D eigenvalue weighted by Crippen LogP contribution is 2.02. The number of ether oxygens (including phenoxy) is 2. The van der Waals surface area contributed by atoms with Crippen LogP contribution in [0.4, 0.5) is 4.39 Å². The fourth-order valence-corrected chi connectivity index (χ4v) is 0.517. The van der Waals surface area contributed by atoms with E-state index in [2.05, 4.69) is 16.1 Å². The predicted octanol–water partition coefficient (Wildman–Crippen LogP) is 0.0185. The molecule has 0 aliphatic heterocycles. The van der Waals surface area contributed by atoms with Crippen molar-refractivity contribution in [1.29, 1.82) is 0 Å². The average Bonchev–Trinajstić information content (AvgIpc) is 2.12. The molecule has 2 atom stereocenters. The Hall–Kier alpha value is -0.940. The molecule has 2 unspecified atom stereocenters. The van der Waals surface area contributed by atoms with Crippen LogP contribution in [0, 0.1) is 0 Å². The van der Waals surface area contributed by atoms with Crippen molar-refractivity contribution >= 4 is 5.97 Å². The Kier molecular flexibility index (Phi) is 5.23. The van der Waals surface area contributed by atoms with Crippen LogP contribution in [0.3, 0.4) is 0 Å². The maximum Gasteiger partial charge on any atom is 0.337 e. The van der Waals surface area contributed by atoms with Crippen molar-refractivity contribution in [3.63, 3.8) is 0 Å². The van der Waals surface area contributed by atoms with Gasteiger partial charge in [-0.25, -0.2) is 9.18 Å². The van der Waals surface area contributed by atoms with Crippen molar-refractivity contribution in [1.82, 2.24) is 0 Å². The number of carbonyl (C=O) groups excluding carboxylic acids is 1. The lowest BCUT2D eigenvalue weighted by atomic mass is 10.4. The number of esters is 1. The summed E-state index contributed by atoms with van der Waals surface area (Å²) in [5, 5.41) is 8.55. The molecule has 5 heteroatoms. The van der Waals surface area contributed by atoms with Crippen LogP contribution in [0.2, 0.25) is 0 Å². The molecule has 4 nitrogen and oxygen atoms in total. The van der Waals surface area contributed by atoms with E-state index in [0.717, 1.165) is 13.2 Å². The van der Waals surface area contributed by atoms with E-state index in [1.54, 1.807) is 0 Å². The van der Waals surface area contributed by atoms with E-state index in [1.807, 2.05) is 0 Å². The molecule has 0 saturated heterocycles. The summed E-state index contributed by atoms with van der Waals surface area (Å²) in [4.78, 5) is 10.7.